The van der Waals surface area contributed by atoms with E-state index in [0.29, 0.717) is 11.7 Å². The first-order valence-corrected chi connectivity index (χ1v) is 7.11. The van der Waals surface area contributed by atoms with E-state index >= 15 is 0 Å². The Bertz CT molecular complexity index is 597. The molecule has 0 saturated heterocycles. The van der Waals surface area contributed by atoms with Crippen LogP contribution < -0.4 is 5.32 Å². The van der Waals surface area contributed by atoms with Gasteiger partial charge in [0.05, 0.1) is 5.69 Å². The van der Waals surface area contributed by atoms with Gasteiger partial charge in [-0.25, -0.2) is 4.68 Å². The van der Waals surface area contributed by atoms with Gasteiger partial charge in [-0.2, -0.15) is 5.10 Å². The summed E-state index contributed by atoms with van der Waals surface area (Å²) in [4.78, 5) is 13.4. The molecule has 5 heteroatoms. The lowest BCUT2D eigenvalue weighted by Crippen LogP contribution is -2.22. The van der Waals surface area contributed by atoms with Gasteiger partial charge < -0.3 is 10.2 Å². The predicted molar refractivity (Wildman–Crippen MR) is 83.7 cm³/mol. The van der Waals surface area contributed by atoms with Gasteiger partial charge in [0.1, 0.15) is 0 Å². The third-order valence-corrected chi connectivity index (χ3v) is 3.53. The second-order valence-corrected chi connectivity index (χ2v) is 5.19. The Morgan fingerprint density at radius 2 is 1.95 bits per heavy atom. The topological polar surface area (TPSA) is 50.2 Å². The molecule has 1 unspecified atom stereocenters. The van der Waals surface area contributed by atoms with E-state index < -0.39 is 0 Å². The predicted octanol–water partition coefficient (Wildman–Crippen LogP) is 2.24. The molecule has 21 heavy (non-hydrogen) atoms. The molecule has 0 bridgehead atoms. The van der Waals surface area contributed by atoms with Crippen LogP contribution in [0.4, 0.5) is 0 Å². The highest BCUT2D eigenvalue weighted by Gasteiger charge is 2.12. The number of nitrogens with zero attached hydrogens (tertiary/aromatic N) is 3. The second-order valence-electron chi connectivity index (χ2n) is 5.19. The molecule has 0 saturated carbocycles. The number of aromatic nitrogens is 2. The van der Waals surface area contributed by atoms with Crippen LogP contribution in [0, 0.1) is 0 Å². The molecule has 0 aliphatic heterocycles. The summed E-state index contributed by atoms with van der Waals surface area (Å²) in [6.45, 7) is 2.15. The molecule has 0 aliphatic carbocycles. The summed E-state index contributed by atoms with van der Waals surface area (Å²) in [5.74, 6) is -0.0911. The zero-order chi connectivity index (χ0) is 15.4. The van der Waals surface area contributed by atoms with E-state index in [-0.39, 0.29) is 5.91 Å². The molecule has 1 amide bonds. The van der Waals surface area contributed by atoms with Gasteiger partial charge in [0.2, 0.25) is 0 Å². The third-order valence-electron chi connectivity index (χ3n) is 3.53. The van der Waals surface area contributed by atoms with Crippen molar-refractivity contribution in [2.75, 3.05) is 21.1 Å². The van der Waals surface area contributed by atoms with Gasteiger partial charge in [0.25, 0.3) is 5.91 Å². The Hall–Kier alpha value is -2.14. The number of hydrogen-bond acceptors (Lipinski definition) is 3. The van der Waals surface area contributed by atoms with Gasteiger partial charge in [0.15, 0.2) is 5.69 Å². The van der Waals surface area contributed by atoms with Gasteiger partial charge in [-0.15, -0.1) is 0 Å². The molecule has 1 aromatic heterocycles. The van der Waals surface area contributed by atoms with Crippen molar-refractivity contribution in [1.82, 2.24) is 20.0 Å². The maximum atomic E-state index is 11.9. The van der Waals surface area contributed by atoms with Crippen LogP contribution in [0.2, 0.25) is 0 Å². The van der Waals surface area contributed by atoms with E-state index in [1.807, 2.05) is 19.2 Å². The van der Waals surface area contributed by atoms with Crippen LogP contribution in [0.3, 0.4) is 0 Å². The largest absolute Gasteiger partial charge is 0.343 e. The number of amides is 1. The second kappa shape index (κ2) is 6.54. The van der Waals surface area contributed by atoms with E-state index in [1.54, 1.807) is 31.0 Å². The molecule has 0 aliphatic rings. The van der Waals surface area contributed by atoms with Crippen molar-refractivity contribution in [3.05, 3.63) is 47.8 Å². The zero-order valence-corrected chi connectivity index (χ0v) is 13.0. The molecule has 0 spiro atoms. The molecule has 2 rings (SSSR count). The Morgan fingerprint density at radius 1 is 1.29 bits per heavy atom. The average Bonchev–Trinajstić information content (AvgIpc) is 2.98. The quantitative estimate of drug-likeness (QED) is 0.917. The summed E-state index contributed by atoms with van der Waals surface area (Å²) in [7, 11) is 5.41. The first-order valence-electron chi connectivity index (χ1n) is 7.11. The number of nitrogens with one attached hydrogen (secondary N) is 1. The molecule has 1 aromatic carbocycles. The van der Waals surface area contributed by atoms with Crippen molar-refractivity contribution < 1.29 is 4.79 Å². The van der Waals surface area contributed by atoms with Gasteiger partial charge in [-0.1, -0.05) is 19.1 Å². The molecule has 0 fully saturated rings. The van der Waals surface area contributed by atoms with E-state index in [2.05, 4.69) is 29.5 Å². The maximum absolute atomic E-state index is 11.9. The normalized spacial score (nSPS) is 12.2. The fourth-order valence-corrected chi connectivity index (χ4v) is 2.28. The molecular weight excluding hydrogens is 264 g/mol. The van der Waals surface area contributed by atoms with Crippen molar-refractivity contribution >= 4 is 5.91 Å². The lowest BCUT2D eigenvalue weighted by atomic mass is 10.0. The van der Waals surface area contributed by atoms with Crippen LogP contribution in [0.15, 0.2) is 36.5 Å². The molecular formula is C16H22N4O. The fraction of sp³-hybridized carbons (Fsp3) is 0.375. The van der Waals surface area contributed by atoms with Crippen LogP contribution in [0.25, 0.3) is 5.69 Å². The molecule has 0 radical (unpaired) electrons. The average molecular weight is 286 g/mol. The highest BCUT2D eigenvalue weighted by Crippen LogP contribution is 2.18. The third kappa shape index (κ3) is 3.31. The minimum atomic E-state index is -0.0911. The fourth-order valence-electron chi connectivity index (χ4n) is 2.28. The van der Waals surface area contributed by atoms with Gasteiger partial charge >= 0.3 is 0 Å². The van der Waals surface area contributed by atoms with Crippen LogP contribution in [0.5, 0.6) is 0 Å². The van der Waals surface area contributed by atoms with Gasteiger partial charge in [-0.05, 0) is 37.2 Å². The van der Waals surface area contributed by atoms with Crippen molar-refractivity contribution in [3.8, 4) is 5.69 Å². The lowest BCUT2D eigenvalue weighted by molar-refractivity contribution is 0.0821. The van der Waals surface area contributed by atoms with Gasteiger partial charge in [-0.3, -0.25) is 4.79 Å². The van der Waals surface area contributed by atoms with Crippen molar-refractivity contribution in [2.45, 2.75) is 19.4 Å². The summed E-state index contributed by atoms with van der Waals surface area (Å²) in [6.07, 6.45) is 2.85. The molecule has 1 N–H and O–H groups in total. The zero-order valence-electron chi connectivity index (χ0n) is 13.0. The smallest absolute Gasteiger partial charge is 0.273 e. The molecule has 5 nitrogen and oxygen atoms in total. The van der Waals surface area contributed by atoms with E-state index in [0.717, 1.165) is 12.1 Å². The van der Waals surface area contributed by atoms with Crippen LogP contribution >= 0.6 is 0 Å². The van der Waals surface area contributed by atoms with Crippen LogP contribution in [-0.2, 0) is 0 Å². The number of hydrogen-bond donors (Lipinski definition) is 1. The van der Waals surface area contributed by atoms with Crippen molar-refractivity contribution in [2.24, 2.45) is 0 Å². The first-order chi connectivity index (χ1) is 10.1. The molecule has 1 atom stereocenters. The Morgan fingerprint density at radius 3 is 2.48 bits per heavy atom. The monoisotopic (exact) mass is 286 g/mol. The minimum Gasteiger partial charge on any atom is -0.343 e. The summed E-state index contributed by atoms with van der Waals surface area (Å²) >= 11 is 0. The maximum Gasteiger partial charge on any atom is 0.273 e. The van der Waals surface area contributed by atoms with E-state index in [4.69, 9.17) is 0 Å². The summed E-state index contributed by atoms with van der Waals surface area (Å²) in [5, 5.41) is 7.61. The number of carbonyl (C=O) groups excluding carboxylic acids is 1. The van der Waals surface area contributed by atoms with E-state index in [1.165, 1.54) is 10.5 Å². The van der Waals surface area contributed by atoms with Crippen LogP contribution in [0.1, 0.15) is 35.4 Å². The van der Waals surface area contributed by atoms with Crippen molar-refractivity contribution in [1.29, 1.82) is 0 Å². The summed E-state index contributed by atoms with van der Waals surface area (Å²) < 4.78 is 1.72. The number of benzene rings is 1. The molecule has 112 valence electrons. The Balaban J connectivity index is 2.21. The molecule has 1 heterocycles. The number of carbonyl (C=O) groups is 1. The highest BCUT2D eigenvalue weighted by molar-refractivity contribution is 5.91. The Labute approximate surface area is 125 Å². The van der Waals surface area contributed by atoms with Crippen molar-refractivity contribution in [3.63, 3.8) is 0 Å². The van der Waals surface area contributed by atoms with Crippen LogP contribution in [-0.4, -0.2) is 41.7 Å². The summed E-state index contributed by atoms with van der Waals surface area (Å²) in [6, 6.07) is 10.3. The molecule has 2 aromatic rings. The first kappa shape index (κ1) is 15.3. The Kier molecular flexibility index (Phi) is 4.75. The SMILES string of the molecule is CCC(NC)c1ccc(-n2ccc(C(=O)N(C)C)n2)cc1. The number of rotatable bonds is 5. The minimum absolute atomic E-state index is 0.0911. The lowest BCUT2D eigenvalue weighted by Gasteiger charge is -2.14. The summed E-state index contributed by atoms with van der Waals surface area (Å²) in [5.41, 5.74) is 2.65. The van der Waals surface area contributed by atoms with Gasteiger partial charge in [0, 0.05) is 26.3 Å². The standard InChI is InChI=1S/C16H22N4O/c1-5-14(17-2)12-6-8-13(9-7-12)20-11-10-15(18-20)16(21)19(3)4/h6-11,14,17H,5H2,1-4H3. The highest BCUT2D eigenvalue weighted by atomic mass is 16.2. The van der Waals surface area contributed by atoms with E-state index in [9.17, 15) is 4.79 Å².